The van der Waals surface area contributed by atoms with Gasteiger partial charge in [0.1, 0.15) is 11.5 Å². The van der Waals surface area contributed by atoms with Gasteiger partial charge in [-0.15, -0.1) is 0 Å². The Morgan fingerprint density at radius 1 is 1.29 bits per heavy atom. The summed E-state index contributed by atoms with van der Waals surface area (Å²) in [5.74, 6) is -4.74. The largest absolute Gasteiger partial charge is 0.480 e. The van der Waals surface area contributed by atoms with Crippen LogP contribution in [0.15, 0.2) is 29.7 Å². The number of nitrogens with two attached hydrogens (primary N) is 1. The molecule has 28 heavy (non-hydrogen) atoms. The summed E-state index contributed by atoms with van der Waals surface area (Å²) in [7, 11) is 0. The van der Waals surface area contributed by atoms with Gasteiger partial charge in [0.05, 0.1) is 11.1 Å². The number of nitriles is 1. The van der Waals surface area contributed by atoms with E-state index in [1.54, 1.807) is 12.1 Å². The number of rotatable bonds is 4. The van der Waals surface area contributed by atoms with Gasteiger partial charge in [0.15, 0.2) is 0 Å². The molecule has 0 radical (unpaired) electrons. The van der Waals surface area contributed by atoms with Gasteiger partial charge in [-0.05, 0) is 30.5 Å². The monoisotopic (exact) mass is 440 g/mol. The third kappa shape index (κ3) is 3.90. The highest BCUT2D eigenvalue weighted by atomic mass is 35.5. The highest BCUT2D eigenvalue weighted by Gasteiger charge is 2.48. The molecule has 1 aromatic carbocycles. The summed E-state index contributed by atoms with van der Waals surface area (Å²) in [6.45, 7) is 0. The lowest BCUT2D eigenvalue weighted by Crippen LogP contribution is -2.45. The van der Waals surface area contributed by atoms with Crippen molar-refractivity contribution in [3.63, 3.8) is 0 Å². The fourth-order valence-electron chi connectivity index (χ4n) is 3.68. The number of aliphatic hydroxyl groups excluding tert-OH is 1. The molecule has 0 aromatic heterocycles. The number of carbonyl (C=O) groups is 1. The number of benzene rings is 1. The van der Waals surface area contributed by atoms with Gasteiger partial charge in [-0.25, -0.2) is 4.79 Å². The maximum absolute atomic E-state index is 12.9. The molecule has 0 bridgehead atoms. The zero-order valence-corrected chi connectivity index (χ0v) is 17.1. The SMILES string of the molecule is N#CC(C(N)=S)C(C1=C(O)OC2(CCCCC2)OC1=O)c1ccc(Cl)cc1Cl. The lowest BCUT2D eigenvalue weighted by molar-refractivity contribution is -0.250. The van der Waals surface area contributed by atoms with Gasteiger partial charge in [0, 0.05) is 28.8 Å². The predicted octanol–water partition coefficient (Wildman–Crippen LogP) is 4.51. The number of hydrogen-bond acceptors (Lipinski definition) is 6. The van der Waals surface area contributed by atoms with Gasteiger partial charge in [0.2, 0.25) is 0 Å². The maximum atomic E-state index is 12.9. The lowest BCUT2D eigenvalue weighted by atomic mass is 9.80. The van der Waals surface area contributed by atoms with Crippen molar-refractivity contribution in [2.45, 2.75) is 43.8 Å². The Kier molecular flexibility index (Phi) is 6.04. The molecule has 1 aliphatic carbocycles. The van der Waals surface area contributed by atoms with Crippen LogP contribution in [0.3, 0.4) is 0 Å². The standard InChI is InChI=1S/C19H18Cl2N2O4S/c20-10-4-5-11(13(21)8-10)14(12(9-22)16(23)28)15-17(24)26-19(27-18(15)25)6-2-1-3-7-19/h4-5,8,12,14,24H,1-3,6-7H2,(H2,23,28). The van der Waals surface area contributed by atoms with Crippen molar-refractivity contribution in [3.05, 3.63) is 45.3 Å². The molecule has 0 amide bonds. The summed E-state index contributed by atoms with van der Waals surface area (Å²) in [5.41, 5.74) is 5.86. The van der Waals surface area contributed by atoms with Gasteiger partial charge in [-0.2, -0.15) is 5.26 Å². The van der Waals surface area contributed by atoms with Crippen LogP contribution in [0.2, 0.25) is 10.0 Å². The van der Waals surface area contributed by atoms with Crippen LogP contribution in [0, 0.1) is 17.2 Å². The normalized spacial score (nSPS) is 20.7. The Labute approximate surface area is 177 Å². The van der Waals surface area contributed by atoms with Gasteiger partial charge < -0.3 is 20.3 Å². The molecule has 2 atom stereocenters. The summed E-state index contributed by atoms with van der Waals surface area (Å²) in [6.07, 6.45) is 3.60. The Balaban J connectivity index is 2.12. The smallest absolute Gasteiger partial charge is 0.345 e. The first-order chi connectivity index (χ1) is 13.3. The molecule has 1 heterocycles. The number of halogens is 2. The zero-order chi connectivity index (χ0) is 20.5. The fraction of sp³-hybridized carbons (Fsp3) is 0.421. The van der Waals surface area contributed by atoms with Crippen LogP contribution in [-0.2, 0) is 14.3 Å². The summed E-state index contributed by atoms with van der Waals surface area (Å²) >= 11 is 17.3. The first-order valence-electron chi connectivity index (χ1n) is 8.77. The quantitative estimate of drug-likeness (QED) is 0.523. The fourth-order valence-corrected chi connectivity index (χ4v) is 4.39. The Morgan fingerprint density at radius 2 is 1.96 bits per heavy atom. The van der Waals surface area contributed by atoms with E-state index in [1.807, 2.05) is 6.07 Å². The van der Waals surface area contributed by atoms with Gasteiger partial charge in [0.25, 0.3) is 11.7 Å². The van der Waals surface area contributed by atoms with E-state index in [0.717, 1.165) is 19.3 Å². The molecule has 1 spiro atoms. The molecule has 148 valence electrons. The Hall–Kier alpha value is -2.01. The van der Waals surface area contributed by atoms with Crippen molar-refractivity contribution in [2.24, 2.45) is 11.7 Å². The van der Waals surface area contributed by atoms with E-state index in [0.29, 0.717) is 23.4 Å². The predicted molar refractivity (Wildman–Crippen MR) is 108 cm³/mol. The van der Waals surface area contributed by atoms with Crippen molar-refractivity contribution in [1.29, 1.82) is 5.26 Å². The molecule has 6 nitrogen and oxygen atoms in total. The van der Waals surface area contributed by atoms with Crippen molar-refractivity contribution in [2.75, 3.05) is 0 Å². The second-order valence-electron chi connectivity index (χ2n) is 6.83. The maximum Gasteiger partial charge on any atom is 0.345 e. The molecule has 2 unspecified atom stereocenters. The van der Waals surface area contributed by atoms with Crippen LogP contribution in [0.1, 0.15) is 43.6 Å². The van der Waals surface area contributed by atoms with Crippen LogP contribution in [-0.4, -0.2) is 21.9 Å². The Morgan fingerprint density at radius 3 is 2.50 bits per heavy atom. The van der Waals surface area contributed by atoms with Crippen molar-refractivity contribution < 1.29 is 19.4 Å². The Bertz CT molecular complexity index is 890. The number of esters is 1. The first-order valence-corrected chi connectivity index (χ1v) is 9.94. The van der Waals surface area contributed by atoms with Crippen molar-refractivity contribution >= 4 is 46.4 Å². The lowest BCUT2D eigenvalue weighted by Gasteiger charge is -2.40. The van der Waals surface area contributed by atoms with Crippen LogP contribution in [0.5, 0.6) is 0 Å². The highest BCUT2D eigenvalue weighted by molar-refractivity contribution is 7.80. The minimum Gasteiger partial charge on any atom is -0.480 e. The van der Waals surface area contributed by atoms with E-state index in [2.05, 4.69) is 0 Å². The van der Waals surface area contributed by atoms with E-state index in [-0.39, 0.29) is 15.6 Å². The minimum absolute atomic E-state index is 0.149. The molecule has 0 saturated heterocycles. The summed E-state index contributed by atoms with van der Waals surface area (Å²) < 4.78 is 11.3. The molecule has 1 aromatic rings. The van der Waals surface area contributed by atoms with Crippen molar-refractivity contribution in [1.82, 2.24) is 0 Å². The highest BCUT2D eigenvalue weighted by Crippen LogP contribution is 2.45. The van der Waals surface area contributed by atoms with Crippen LogP contribution >= 0.6 is 35.4 Å². The zero-order valence-electron chi connectivity index (χ0n) is 14.8. The number of thiocarbonyl (C=S) groups is 1. The number of carbonyl (C=O) groups excluding carboxylic acids is 1. The van der Waals surface area contributed by atoms with E-state index in [9.17, 15) is 15.2 Å². The molecular weight excluding hydrogens is 423 g/mol. The molecular formula is C19H18Cl2N2O4S. The number of nitrogens with zero attached hydrogens (tertiary/aromatic N) is 1. The molecule has 1 aliphatic heterocycles. The number of ether oxygens (including phenoxy) is 2. The molecule has 1 saturated carbocycles. The summed E-state index contributed by atoms with van der Waals surface area (Å²) in [4.78, 5) is 12.8. The molecule has 1 fully saturated rings. The van der Waals surface area contributed by atoms with Gasteiger partial charge >= 0.3 is 5.97 Å². The average Bonchev–Trinajstić information content (AvgIpc) is 2.61. The number of aliphatic hydroxyl groups is 1. The van der Waals surface area contributed by atoms with E-state index >= 15 is 0 Å². The van der Waals surface area contributed by atoms with E-state index in [4.69, 9.17) is 50.6 Å². The van der Waals surface area contributed by atoms with Gasteiger partial charge in [-0.3, -0.25) is 0 Å². The second-order valence-corrected chi connectivity index (χ2v) is 8.15. The molecule has 2 aliphatic rings. The van der Waals surface area contributed by atoms with Crippen LogP contribution in [0.4, 0.5) is 0 Å². The summed E-state index contributed by atoms with van der Waals surface area (Å²) in [6, 6.07) is 6.56. The van der Waals surface area contributed by atoms with Crippen LogP contribution < -0.4 is 5.73 Å². The molecule has 9 heteroatoms. The van der Waals surface area contributed by atoms with Crippen LogP contribution in [0.25, 0.3) is 0 Å². The van der Waals surface area contributed by atoms with E-state index < -0.39 is 29.5 Å². The molecule has 3 N–H and O–H groups in total. The first kappa shape index (κ1) is 20.7. The average molecular weight is 441 g/mol. The second kappa shape index (κ2) is 8.16. The third-order valence-corrected chi connectivity index (χ3v) is 5.83. The van der Waals surface area contributed by atoms with Crippen molar-refractivity contribution in [3.8, 4) is 6.07 Å². The minimum atomic E-state index is -1.18. The third-order valence-electron chi connectivity index (χ3n) is 5.01. The van der Waals surface area contributed by atoms with E-state index in [1.165, 1.54) is 6.07 Å². The topological polar surface area (TPSA) is 106 Å². The number of hydrogen-bond donors (Lipinski definition) is 2. The summed E-state index contributed by atoms with van der Waals surface area (Å²) in [5, 5.41) is 20.9. The molecule has 3 rings (SSSR count). The van der Waals surface area contributed by atoms with Gasteiger partial charge in [-0.1, -0.05) is 47.9 Å².